The van der Waals surface area contributed by atoms with Crippen molar-refractivity contribution in [2.75, 3.05) is 19.6 Å². The van der Waals surface area contributed by atoms with Crippen LogP contribution in [-0.2, 0) is 0 Å². The van der Waals surface area contributed by atoms with Gasteiger partial charge in [0.15, 0.2) is 0 Å². The average molecular weight is 254 g/mol. The molecule has 18 heavy (non-hydrogen) atoms. The van der Waals surface area contributed by atoms with Crippen LogP contribution in [0, 0.1) is 5.92 Å². The predicted octanol–water partition coefficient (Wildman–Crippen LogP) is 3.67. The lowest BCUT2D eigenvalue weighted by molar-refractivity contribution is 0.228. The Kier molecular flexibility index (Phi) is 7.92. The van der Waals surface area contributed by atoms with E-state index in [2.05, 4.69) is 37.9 Å². The molecule has 0 amide bonds. The van der Waals surface area contributed by atoms with Crippen molar-refractivity contribution in [3.8, 4) is 0 Å². The zero-order valence-electron chi connectivity index (χ0n) is 13.0. The summed E-state index contributed by atoms with van der Waals surface area (Å²) in [6.07, 6.45) is 8.50. The fraction of sp³-hybridized carbons (Fsp3) is 1.00. The smallest absolute Gasteiger partial charge is 0.0169 e. The summed E-state index contributed by atoms with van der Waals surface area (Å²) in [4.78, 5) is 2.51. The van der Waals surface area contributed by atoms with Gasteiger partial charge in [0, 0.05) is 18.6 Å². The van der Waals surface area contributed by atoms with Gasteiger partial charge < -0.3 is 10.2 Å². The highest BCUT2D eigenvalue weighted by Gasteiger charge is 2.21. The first-order valence-electron chi connectivity index (χ1n) is 8.17. The summed E-state index contributed by atoms with van der Waals surface area (Å²) in [6, 6.07) is 1.42. The summed E-state index contributed by atoms with van der Waals surface area (Å²) in [6.45, 7) is 12.7. The second kappa shape index (κ2) is 8.92. The van der Waals surface area contributed by atoms with E-state index in [1.54, 1.807) is 0 Å². The van der Waals surface area contributed by atoms with E-state index in [9.17, 15) is 0 Å². The maximum atomic E-state index is 3.84. The van der Waals surface area contributed by atoms with Crippen LogP contribution in [-0.4, -0.2) is 36.6 Å². The number of nitrogens with one attached hydrogen (secondary N) is 1. The molecule has 1 fully saturated rings. The Morgan fingerprint density at radius 3 is 2.17 bits per heavy atom. The van der Waals surface area contributed by atoms with Crippen molar-refractivity contribution in [1.82, 2.24) is 10.2 Å². The van der Waals surface area contributed by atoms with Crippen LogP contribution >= 0.6 is 0 Å². The molecule has 0 aliphatic heterocycles. The van der Waals surface area contributed by atoms with Gasteiger partial charge in [0.1, 0.15) is 0 Å². The second-order valence-electron chi connectivity index (χ2n) is 6.06. The average Bonchev–Trinajstić information content (AvgIpc) is 2.38. The number of hydrogen-bond donors (Lipinski definition) is 1. The molecule has 0 heterocycles. The Bertz CT molecular complexity index is 193. The van der Waals surface area contributed by atoms with E-state index in [4.69, 9.17) is 0 Å². The Hall–Kier alpha value is -0.0800. The van der Waals surface area contributed by atoms with Gasteiger partial charge in [0.05, 0.1) is 0 Å². The Labute approximate surface area is 115 Å². The molecule has 2 nitrogen and oxygen atoms in total. The molecule has 1 unspecified atom stereocenters. The molecule has 0 aromatic carbocycles. The van der Waals surface area contributed by atoms with Crippen LogP contribution in [0.3, 0.4) is 0 Å². The molecule has 2 heteroatoms. The van der Waals surface area contributed by atoms with E-state index in [1.165, 1.54) is 58.2 Å². The third-order valence-electron chi connectivity index (χ3n) is 4.49. The molecule has 108 valence electrons. The van der Waals surface area contributed by atoms with E-state index in [0.717, 1.165) is 12.0 Å². The Morgan fingerprint density at radius 1 is 1.06 bits per heavy atom. The van der Waals surface area contributed by atoms with Crippen molar-refractivity contribution in [3.63, 3.8) is 0 Å². The van der Waals surface area contributed by atoms with Crippen LogP contribution in [0.15, 0.2) is 0 Å². The van der Waals surface area contributed by atoms with Gasteiger partial charge in [-0.2, -0.15) is 0 Å². The van der Waals surface area contributed by atoms with Crippen molar-refractivity contribution < 1.29 is 0 Å². The normalized spacial score (nSPS) is 26.5. The second-order valence-corrected chi connectivity index (χ2v) is 6.06. The van der Waals surface area contributed by atoms with Crippen molar-refractivity contribution in [1.29, 1.82) is 0 Å². The lowest BCUT2D eigenvalue weighted by Gasteiger charge is -2.32. The van der Waals surface area contributed by atoms with E-state index in [1.807, 2.05) is 0 Å². The van der Waals surface area contributed by atoms with Gasteiger partial charge >= 0.3 is 0 Å². The molecule has 1 aliphatic carbocycles. The summed E-state index contributed by atoms with van der Waals surface area (Å²) in [7, 11) is 0. The summed E-state index contributed by atoms with van der Waals surface area (Å²) in [5, 5.41) is 3.84. The van der Waals surface area contributed by atoms with Gasteiger partial charge in [-0.1, -0.05) is 33.6 Å². The fourth-order valence-electron chi connectivity index (χ4n) is 3.35. The van der Waals surface area contributed by atoms with Crippen molar-refractivity contribution in [2.45, 2.75) is 78.3 Å². The predicted molar refractivity (Wildman–Crippen MR) is 81.0 cm³/mol. The molecule has 0 radical (unpaired) electrons. The zero-order valence-corrected chi connectivity index (χ0v) is 13.0. The third-order valence-corrected chi connectivity index (χ3v) is 4.49. The van der Waals surface area contributed by atoms with Crippen LogP contribution in [0.4, 0.5) is 0 Å². The minimum Gasteiger partial charge on any atom is -0.310 e. The summed E-state index contributed by atoms with van der Waals surface area (Å²) in [5.74, 6) is 1.02. The van der Waals surface area contributed by atoms with Gasteiger partial charge in [0.25, 0.3) is 0 Å². The third kappa shape index (κ3) is 5.71. The molecule has 0 aromatic heterocycles. The van der Waals surface area contributed by atoms with E-state index < -0.39 is 0 Å². The number of nitrogens with zero attached hydrogens (tertiary/aromatic N) is 1. The minimum atomic E-state index is 0.637. The standard InChI is InChI=1S/C16H34N2/c1-5-8-15-9-11-16(12-10-15)17-14(4)13-18(6-2)7-3/h14-17H,5-13H2,1-4H3. The van der Waals surface area contributed by atoms with Gasteiger partial charge in [-0.25, -0.2) is 0 Å². The summed E-state index contributed by atoms with van der Waals surface area (Å²) < 4.78 is 0. The lowest BCUT2D eigenvalue weighted by atomic mass is 9.83. The molecule has 1 saturated carbocycles. The largest absolute Gasteiger partial charge is 0.310 e. The quantitative estimate of drug-likeness (QED) is 0.711. The monoisotopic (exact) mass is 254 g/mol. The van der Waals surface area contributed by atoms with E-state index in [0.29, 0.717) is 6.04 Å². The lowest BCUT2D eigenvalue weighted by Crippen LogP contribution is -2.45. The van der Waals surface area contributed by atoms with Crippen LogP contribution in [0.25, 0.3) is 0 Å². The molecule has 0 aromatic rings. The van der Waals surface area contributed by atoms with Crippen LogP contribution in [0.5, 0.6) is 0 Å². The Balaban J connectivity index is 2.19. The first-order chi connectivity index (χ1) is 8.69. The molecule has 1 aliphatic rings. The van der Waals surface area contributed by atoms with Gasteiger partial charge in [-0.3, -0.25) is 0 Å². The fourth-order valence-corrected chi connectivity index (χ4v) is 3.35. The molecular formula is C16H34N2. The van der Waals surface area contributed by atoms with E-state index >= 15 is 0 Å². The first-order valence-corrected chi connectivity index (χ1v) is 8.17. The topological polar surface area (TPSA) is 15.3 Å². The molecule has 0 bridgehead atoms. The molecule has 0 saturated heterocycles. The van der Waals surface area contributed by atoms with Gasteiger partial charge in [-0.05, 0) is 51.6 Å². The molecule has 0 spiro atoms. The van der Waals surface area contributed by atoms with Gasteiger partial charge in [-0.15, -0.1) is 0 Å². The highest BCUT2D eigenvalue weighted by Crippen LogP contribution is 2.27. The van der Waals surface area contributed by atoms with Crippen LogP contribution in [0.1, 0.15) is 66.2 Å². The number of rotatable bonds is 8. The van der Waals surface area contributed by atoms with Crippen LogP contribution < -0.4 is 5.32 Å². The first kappa shape index (κ1) is 16.0. The number of hydrogen-bond acceptors (Lipinski definition) is 2. The Morgan fingerprint density at radius 2 is 1.67 bits per heavy atom. The molecule has 1 atom stereocenters. The maximum absolute atomic E-state index is 3.84. The van der Waals surface area contributed by atoms with Crippen molar-refractivity contribution >= 4 is 0 Å². The van der Waals surface area contributed by atoms with Crippen molar-refractivity contribution in [2.24, 2.45) is 5.92 Å². The molecular weight excluding hydrogens is 220 g/mol. The zero-order chi connectivity index (χ0) is 13.4. The summed E-state index contributed by atoms with van der Waals surface area (Å²) in [5.41, 5.74) is 0. The SMILES string of the molecule is CCCC1CCC(NC(C)CN(CC)CC)CC1. The molecule has 1 N–H and O–H groups in total. The minimum absolute atomic E-state index is 0.637. The molecule has 1 rings (SSSR count). The highest BCUT2D eigenvalue weighted by molar-refractivity contribution is 4.80. The van der Waals surface area contributed by atoms with Gasteiger partial charge in [0.2, 0.25) is 0 Å². The van der Waals surface area contributed by atoms with Crippen LogP contribution in [0.2, 0.25) is 0 Å². The maximum Gasteiger partial charge on any atom is 0.0169 e. The summed E-state index contributed by atoms with van der Waals surface area (Å²) >= 11 is 0. The van der Waals surface area contributed by atoms with E-state index in [-0.39, 0.29) is 0 Å². The van der Waals surface area contributed by atoms with Crippen molar-refractivity contribution in [3.05, 3.63) is 0 Å². The highest BCUT2D eigenvalue weighted by atomic mass is 15.1. The number of likely N-dealkylation sites (N-methyl/N-ethyl adjacent to an activating group) is 1.